The molecule has 0 spiro atoms. The number of para-hydroxylation sites is 2. The van der Waals surface area contributed by atoms with Crippen LogP contribution in [-0.2, 0) is 11.4 Å². The first kappa shape index (κ1) is 22.8. The Hall–Kier alpha value is -2.24. The van der Waals surface area contributed by atoms with E-state index in [0.717, 1.165) is 18.4 Å². The van der Waals surface area contributed by atoms with Crippen LogP contribution in [0.1, 0.15) is 32.3 Å². The summed E-state index contributed by atoms with van der Waals surface area (Å²) in [6.45, 7) is 4.81. The normalized spacial score (nSPS) is 10.6. The maximum absolute atomic E-state index is 12.3. The second-order valence-electron chi connectivity index (χ2n) is 6.25. The summed E-state index contributed by atoms with van der Waals surface area (Å²) in [6, 6.07) is 17.3. The summed E-state index contributed by atoms with van der Waals surface area (Å²) >= 11 is 0. The molecule has 2 rings (SSSR count). The fourth-order valence-electron chi connectivity index (χ4n) is 2.67. The van der Waals surface area contributed by atoms with Crippen LogP contribution < -0.4 is 20.5 Å². The molecule has 0 atom stereocenters. The molecule has 0 saturated heterocycles. The number of halogens is 1. The van der Waals surface area contributed by atoms with Gasteiger partial charge in [-0.2, -0.15) is 0 Å². The molecule has 2 aromatic carbocycles. The van der Waals surface area contributed by atoms with Gasteiger partial charge in [-0.15, -0.1) is 12.4 Å². The van der Waals surface area contributed by atoms with Gasteiger partial charge in [-0.05, 0) is 30.5 Å². The number of hydrogen-bond acceptors (Lipinski definition) is 4. The Morgan fingerprint density at radius 3 is 2.07 bits per heavy atom. The van der Waals surface area contributed by atoms with Gasteiger partial charge in [0.1, 0.15) is 6.61 Å². The van der Waals surface area contributed by atoms with Gasteiger partial charge in [0.15, 0.2) is 18.1 Å². The number of nitrogens with two attached hydrogens (primary N) is 1. The van der Waals surface area contributed by atoms with Gasteiger partial charge in [0.05, 0.1) is 5.54 Å². The summed E-state index contributed by atoms with van der Waals surface area (Å²) in [5.41, 5.74) is 6.52. The first-order valence-corrected chi connectivity index (χ1v) is 9.02. The lowest BCUT2D eigenvalue weighted by Gasteiger charge is -2.31. The van der Waals surface area contributed by atoms with Crippen molar-refractivity contribution in [1.29, 1.82) is 0 Å². The molecule has 0 aliphatic heterocycles. The predicted molar refractivity (Wildman–Crippen MR) is 110 cm³/mol. The zero-order valence-electron chi connectivity index (χ0n) is 15.9. The number of hydrogen-bond donors (Lipinski definition) is 2. The Kier molecular flexibility index (Phi) is 9.68. The highest BCUT2D eigenvalue weighted by atomic mass is 35.5. The molecular formula is C21H29ClN2O3. The van der Waals surface area contributed by atoms with E-state index >= 15 is 0 Å². The van der Waals surface area contributed by atoms with Gasteiger partial charge < -0.3 is 20.5 Å². The number of amides is 1. The minimum Gasteiger partial charge on any atom is -0.485 e. The fraction of sp³-hybridized carbons (Fsp3) is 0.381. The molecular weight excluding hydrogens is 364 g/mol. The molecule has 0 aromatic heterocycles. The Labute approximate surface area is 167 Å². The highest BCUT2D eigenvalue weighted by Gasteiger charge is 2.26. The SMILES string of the molecule is CCC(CC)(CN)NC(=O)COc1ccccc1OCc1ccccc1.Cl. The Balaban J connectivity index is 0.00000364. The van der Waals surface area contributed by atoms with Crippen molar-refractivity contribution in [1.82, 2.24) is 5.32 Å². The second-order valence-corrected chi connectivity index (χ2v) is 6.25. The van der Waals surface area contributed by atoms with Crippen molar-refractivity contribution in [3.05, 3.63) is 60.2 Å². The molecule has 0 bridgehead atoms. The second kappa shape index (κ2) is 11.5. The van der Waals surface area contributed by atoms with Crippen LogP contribution in [-0.4, -0.2) is 24.6 Å². The highest BCUT2D eigenvalue weighted by Crippen LogP contribution is 2.27. The van der Waals surface area contributed by atoms with Crippen LogP contribution in [0, 0.1) is 0 Å². The monoisotopic (exact) mass is 392 g/mol. The van der Waals surface area contributed by atoms with E-state index in [1.807, 2.05) is 62.4 Å². The van der Waals surface area contributed by atoms with Crippen molar-refractivity contribution in [2.75, 3.05) is 13.2 Å². The topological polar surface area (TPSA) is 73.6 Å². The van der Waals surface area contributed by atoms with E-state index in [1.54, 1.807) is 6.07 Å². The van der Waals surface area contributed by atoms with Crippen molar-refractivity contribution in [3.63, 3.8) is 0 Å². The summed E-state index contributed by atoms with van der Waals surface area (Å²) in [7, 11) is 0. The minimum atomic E-state index is -0.371. The van der Waals surface area contributed by atoms with E-state index in [-0.39, 0.29) is 30.5 Å². The molecule has 1 amide bonds. The lowest BCUT2D eigenvalue weighted by atomic mass is 9.93. The summed E-state index contributed by atoms with van der Waals surface area (Å²) < 4.78 is 11.5. The molecule has 0 fully saturated rings. The molecule has 0 heterocycles. The molecule has 27 heavy (non-hydrogen) atoms. The smallest absolute Gasteiger partial charge is 0.258 e. The van der Waals surface area contributed by atoms with E-state index in [0.29, 0.717) is 24.7 Å². The van der Waals surface area contributed by atoms with Gasteiger partial charge in [-0.1, -0.05) is 56.3 Å². The van der Waals surface area contributed by atoms with Gasteiger partial charge in [0, 0.05) is 6.54 Å². The quantitative estimate of drug-likeness (QED) is 0.646. The van der Waals surface area contributed by atoms with Gasteiger partial charge in [-0.25, -0.2) is 0 Å². The van der Waals surface area contributed by atoms with Crippen LogP contribution in [0.3, 0.4) is 0 Å². The Bertz CT molecular complexity index is 683. The third-order valence-electron chi connectivity index (χ3n) is 4.59. The van der Waals surface area contributed by atoms with Crippen LogP contribution >= 0.6 is 12.4 Å². The standard InChI is InChI=1S/C21H28N2O3.ClH/c1-3-21(4-2,16-22)23-20(24)15-26-19-13-9-8-12-18(19)25-14-17-10-6-5-7-11-17;/h5-13H,3-4,14-16,22H2,1-2H3,(H,23,24);1H. The predicted octanol–water partition coefficient (Wildman–Crippen LogP) is 3.70. The average Bonchev–Trinajstić information content (AvgIpc) is 2.70. The maximum Gasteiger partial charge on any atom is 0.258 e. The van der Waals surface area contributed by atoms with Crippen molar-refractivity contribution in [3.8, 4) is 11.5 Å². The molecule has 3 N–H and O–H groups in total. The number of carbonyl (C=O) groups excluding carboxylic acids is 1. The van der Waals surface area contributed by atoms with E-state index in [4.69, 9.17) is 15.2 Å². The van der Waals surface area contributed by atoms with Crippen molar-refractivity contribution in [2.45, 2.75) is 38.8 Å². The number of rotatable bonds is 10. The van der Waals surface area contributed by atoms with E-state index in [9.17, 15) is 4.79 Å². The third kappa shape index (κ3) is 6.77. The van der Waals surface area contributed by atoms with Crippen LogP contribution in [0.25, 0.3) is 0 Å². The van der Waals surface area contributed by atoms with Gasteiger partial charge in [0.2, 0.25) is 0 Å². The Morgan fingerprint density at radius 2 is 1.52 bits per heavy atom. The maximum atomic E-state index is 12.3. The molecule has 5 nitrogen and oxygen atoms in total. The summed E-state index contributed by atoms with van der Waals surface area (Å²) in [5.74, 6) is 0.974. The van der Waals surface area contributed by atoms with Crippen molar-refractivity contribution < 1.29 is 14.3 Å². The molecule has 0 aliphatic carbocycles. The van der Waals surface area contributed by atoms with E-state index in [2.05, 4.69) is 5.32 Å². The van der Waals surface area contributed by atoms with E-state index < -0.39 is 0 Å². The van der Waals surface area contributed by atoms with Crippen LogP contribution in [0.2, 0.25) is 0 Å². The summed E-state index contributed by atoms with van der Waals surface area (Å²) in [5, 5.41) is 3.00. The first-order chi connectivity index (χ1) is 12.6. The number of benzene rings is 2. The van der Waals surface area contributed by atoms with Crippen LogP contribution in [0.4, 0.5) is 0 Å². The number of ether oxygens (including phenoxy) is 2. The first-order valence-electron chi connectivity index (χ1n) is 9.02. The molecule has 0 radical (unpaired) electrons. The minimum absolute atomic E-state index is 0. The molecule has 148 valence electrons. The van der Waals surface area contributed by atoms with Crippen LogP contribution in [0.5, 0.6) is 11.5 Å². The van der Waals surface area contributed by atoms with Gasteiger partial charge in [0.25, 0.3) is 5.91 Å². The lowest BCUT2D eigenvalue weighted by Crippen LogP contribution is -2.54. The van der Waals surface area contributed by atoms with Crippen molar-refractivity contribution >= 4 is 18.3 Å². The zero-order chi connectivity index (χ0) is 18.8. The van der Waals surface area contributed by atoms with Crippen LogP contribution in [0.15, 0.2) is 54.6 Å². The Morgan fingerprint density at radius 1 is 0.963 bits per heavy atom. The largest absolute Gasteiger partial charge is 0.485 e. The fourth-order valence-corrected chi connectivity index (χ4v) is 2.67. The molecule has 0 aliphatic rings. The van der Waals surface area contributed by atoms with Gasteiger partial charge in [-0.3, -0.25) is 4.79 Å². The highest BCUT2D eigenvalue weighted by molar-refractivity contribution is 5.85. The lowest BCUT2D eigenvalue weighted by molar-refractivity contribution is -0.125. The number of nitrogens with one attached hydrogen (secondary N) is 1. The average molecular weight is 393 g/mol. The van der Waals surface area contributed by atoms with Gasteiger partial charge >= 0.3 is 0 Å². The summed E-state index contributed by atoms with van der Waals surface area (Å²) in [4.78, 5) is 12.3. The van der Waals surface area contributed by atoms with E-state index in [1.165, 1.54) is 0 Å². The zero-order valence-corrected chi connectivity index (χ0v) is 16.8. The molecule has 2 aromatic rings. The third-order valence-corrected chi connectivity index (χ3v) is 4.59. The molecule has 6 heteroatoms. The van der Waals surface area contributed by atoms with Crippen molar-refractivity contribution in [2.24, 2.45) is 5.73 Å². The summed E-state index contributed by atoms with van der Waals surface area (Å²) in [6.07, 6.45) is 1.56. The molecule has 0 unspecified atom stereocenters. The molecule has 0 saturated carbocycles. The number of carbonyl (C=O) groups is 1.